The summed E-state index contributed by atoms with van der Waals surface area (Å²) in [7, 11) is -3.94. The van der Waals surface area contributed by atoms with E-state index in [9.17, 15) is 13.2 Å². The minimum Gasteiger partial charge on any atom is -0.446 e. The van der Waals surface area contributed by atoms with Gasteiger partial charge in [-0.3, -0.25) is 4.72 Å². The Kier molecular flexibility index (Phi) is 8.74. The predicted octanol–water partition coefficient (Wildman–Crippen LogP) is 5.48. The molecular weight excluding hydrogens is 578 g/mol. The minimum atomic E-state index is -3.94. The molecule has 1 fully saturated rings. The molecule has 13 heteroatoms. The number of nitrogens with one attached hydrogen (secondary N) is 2. The van der Waals surface area contributed by atoms with Gasteiger partial charge in [0, 0.05) is 23.2 Å². The first-order valence-corrected chi connectivity index (χ1v) is 15.7. The van der Waals surface area contributed by atoms with Gasteiger partial charge in [0.1, 0.15) is 11.0 Å². The third kappa shape index (κ3) is 6.55. The number of hydrogen-bond acceptors (Lipinski definition) is 9. The molecule has 42 heavy (non-hydrogen) atoms. The molecule has 2 aromatic carbocycles. The lowest BCUT2D eigenvalue weighted by atomic mass is 9.93. The van der Waals surface area contributed by atoms with E-state index >= 15 is 0 Å². The average molecular weight is 610 g/mol. The van der Waals surface area contributed by atoms with Gasteiger partial charge in [0.25, 0.3) is 10.0 Å². The second-order valence-corrected chi connectivity index (χ2v) is 12.2. The first kappa shape index (κ1) is 29.5. The third-order valence-corrected chi connectivity index (χ3v) is 9.18. The van der Waals surface area contributed by atoms with Gasteiger partial charge in [-0.15, -0.1) is 10.2 Å². The van der Waals surface area contributed by atoms with Gasteiger partial charge in [-0.1, -0.05) is 37.6 Å². The van der Waals surface area contributed by atoms with E-state index in [0.29, 0.717) is 18.1 Å². The third-order valence-electron chi connectivity index (χ3n) is 7.33. The smallest absolute Gasteiger partial charge is 0.404 e. The van der Waals surface area contributed by atoms with Gasteiger partial charge in [0.05, 0.1) is 16.2 Å². The monoisotopic (exact) mass is 609 g/mol. The number of fused-ring (bicyclic) bond motifs is 1. The van der Waals surface area contributed by atoms with Crippen LogP contribution < -0.4 is 15.8 Å². The minimum absolute atomic E-state index is 0.0312. The Labute approximate surface area is 249 Å². The van der Waals surface area contributed by atoms with E-state index in [-0.39, 0.29) is 27.9 Å². The van der Waals surface area contributed by atoms with Gasteiger partial charge in [-0.2, -0.15) is 0 Å². The van der Waals surface area contributed by atoms with Crippen molar-refractivity contribution in [2.75, 3.05) is 10.0 Å². The number of amides is 1. The number of rotatable bonds is 9. The van der Waals surface area contributed by atoms with Crippen molar-refractivity contribution in [1.29, 1.82) is 0 Å². The Morgan fingerprint density at radius 3 is 2.48 bits per heavy atom. The van der Waals surface area contributed by atoms with Gasteiger partial charge < -0.3 is 15.8 Å². The van der Waals surface area contributed by atoms with Crippen molar-refractivity contribution in [2.45, 2.75) is 69.4 Å². The molecule has 1 amide bonds. The van der Waals surface area contributed by atoms with Crippen LogP contribution in [0.3, 0.4) is 0 Å². The SMILES string of the molecule is CCc1cc(NS(=O)(=O)c2ccccc2Cl)nnc1-c1cc(CC)c2nc(N[C@H]3CC[C@H](OC(N)=O)CC3)ncc2c1. The first-order chi connectivity index (χ1) is 20.2. The molecule has 4 N–H and O–H groups in total. The summed E-state index contributed by atoms with van der Waals surface area (Å²) in [5.41, 5.74) is 9.36. The van der Waals surface area contributed by atoms with Gasteiger partial charge >= 0.3 is 6.09 Å². The molecule has 1 aliphatic rings. The maximum atomic E-state index is 12.9. The fourth-order valence-corrected chi connectivity index (χ4v) is 6.72. The van der Waals surface area contributed by atoms with Crippen molar-refractivity contribution < 1.29 is 17.9 Å². The van der Waals surface area contributed by atoms with Crippen LogP contribution in [0.2, 0.25) is 5.02 Å². The number of sulfonamides is 1. The molecule has 0 aliphatic heterocycles. The number of hydrogen-bond donors (Lipinski definition) is 3. The van der Waals surface area contributed by atoms with Crippen LogP contribution in [0.4, 0.5) is 16.6 Å². The molecular formula is C29H32ClN7O4S. The van der Waals surface area contributed by atoms with Crippen molar-refractivity contribution in [3.8, 4) is 11.3 Å². The summed E-state index contributed by atoms with van der Waals surface area (Å²) in [5.74, 6) is 0.662. The lowest BCUT2D eigenvalue weighted by Gasteiger charge is -2.28. The zero-order valence-corrected chi connectivity index (χ0v) is 24.9. The van der Waals surface area contributed by atoms with Crippen LogP contribution in [0.5, 0.6) is 0 Å². The van der Waals surface area contributed by atoms with E-state index < -0.39 is 16.1 Å². The molecule has 0 unspecified atom stereocenters. The van der Waals surface area contributed by atoms with Crippen LogP contribution in [0.25, 0.3) is 22.2 Å². The van der Waals surface area contributed by atoms with E-state index in [2.05, 4.69) is 32.1 Å². The molecule has 0 atom stereocenters. The number of carbonyl (C=O) groups excluding carboxylic acids is 1. The lowest BCUT2D eigenvalue weighted by molar-refractivity contribution is 0.0805. The molecule has 0 saturated heterocycles. The number of carbonyl (C=O) groups is 1. The highest BCUT2D eigenvalue weighted by molar-refractivity contribution is 7.92. The van der Waals surface area contributed by atoms with Crippen LogP contribution in [-0.2, 0) is 27.6 Å². The standard InChI is InChI=1S/C29H32ClN7O4S/c1-3-17-13-19(14-20-16-32-29(34-26(17)20)33-21-9-11-22(12-10-21)41-28(31)38)27-18(4-2)15-25(35-36-27)37-42(39,40)24-8-6-5-7-23(24)30/h5-8,13-16,21-22H,3-4,9-12H2,1-2H3,(H2,31,38)(H,35,37)(H,32,33,34)/t21-,22-. The van der Waals surface area contributed by atoms with E-state index in [1.807, 2.05) is 19.1 Å². The largest absolute Gasteiger partial charge is 0.446 e. The summed E-state index contributed by atoms with van der Waals surface area (Å²) in [5, 5.41) is 13.0. The molecule has 0 radical (unpaired) electrons. The number of primary amides is 1. The zero-order valence-electron chi connectivity index (χ0n) is 23.3. The van der Waals surface area contributed by atoms with Crippen LogP contribution in [0.15, 0.2) is 53.6 Å². The Balaban J connectivity index is 1.38. The van der Waals surface area contributed by atoms with Gasteiger partial charge in [0.2, 0.25) is 5.95 Å². The maximum absolute atomic E-state index is 12.9. The Morgan fingerprint density at radius 1 is 1.05 bits per heavy atom. The summed E-state index contributed by atoms with van der Waals surface area (Å²) < 4.78 is 33.4. The first-order valence-electron chi connectivity index (χ1n) is 13.8. The molecule has 5 rings (SSSR count). The summed E-state index contributed by atoms with van der Waals surface area (Å²) in [6.45, 7) is 4.04. The number of nitrogens with zero attached hydrogens (tertiary/aromatic N) is 4. The fraction of sp³-hybridized carbons (Fsp3) is 0.345. The number of aromatic nitrogens is 4. The van der Waals surface area contributed by atoms with E-state index in [0.717, 1.165) is 59.7 Å². The molecule has 1 saturated carbocycles. The van der Waals surface area contributed by atoms with Crippen LogP contribution in [-0.4, -0.2) is 46.8 Å². The fourth-order valence-electron chi connectivity index (χ4n) is 5.22. The van der Waals surface area contributed by atoms with E-state index in [4.69, 9.17) is 27.1 Å². The van der Waals surface area contributed by atoms with Crippen molar-refractivity contribution in [2.24, 2.45) is 5.73 Å². The number of anilines is 2. The summed E-state index contributed by atoms with van der Waals surface area (Å²) >= 11 is 6.11. The Hall–Kier alpha value is -4.03. The molecule has 2 heterocycles. The van der Waals surface area contributed by atoms with Crippen LogP contribution >= 0.6 is 11.6 Å². The summed E-state index contributed by atoms with van der Waals surface area (Å²) in [6, 6.07) is 12.1. The Morgan fingerprint density at radius 2 is 1.79 bits per heavy atom. The topological polar surface area (TPSA) is 162 Å². The van der Waals surface area contributed by atoms with E-state index in [1.165, 1.54) is 12.1 Å². The zero-order chi connectivity index (χ0) is 29.9. The van der Waals surface area contributed by atoms with Crippen molar-refractivity contribution in [1.82, 2.24) is 20.2 Å². The summed E-state index contributed by atoms with van der Waals surface area (Å²) in [6.07, 6.45) is 5.37. The van der Waals surface area contributed by atoms with Crippen LogP contribution in [0.1, 0.15) is 50.7 Å². The van der Waals surface area contributed by atoms with Gasteiger partial charge in [-0.25, -0.2) is 23.2 Å². The quantitative estimate of drug-likeness (QED) is 0.223. The number of nitrogens with two attached hydrogens (primary N) is 1. The van der Waals surface area contributed by atoms with Crippen molar-refractivity contribution in [3.05, 3.63) is 64.8 Å². The molecule has 4 aromatic rings. The second kappa shape index (κ2) is 12.5. The number of halogens is 1. The molecule has 0 spiro atoms. The molecule has 2 aromatic heterocycles. The van der Waals surface area contributed by atoms with Crippen molar-refractivity contribution >= 4 is 50.4 Å². The van der Waals surface area contributed by atoms with E-state index in [1.54, 1.807) is 24.4 Å². The highest BCUT2D eigenvalue weighted by Crippen LogP contribution is 2.31. The molecule has 1 aliphatic carbocycles. The summed E-state index contributed by atoms with van der Waals surface area (Å²) in [4.78, 5) is 20.4. The highest BCUT2D eigenvalue weighted by Gasteiger charge is 2.24. The van der Waals surface area contributed by atoms with Gasteiger partial charge in [-0.05, 0) is 80.0 Å². The van der Waals surface area contributed by atoms with Gasteiger partial charge in [0.15, 0.2) is 5.82 Å². The maximum Gasteiger partial charge on any atom is 0.404 e. The Bertz CT molecular complexity index is 1730. The molecule has 11 nitrogen and oxygen atoms in total. The second-order valence-electron chi connectivity index (χ2n) is 10.2. The normalized spacial score (nSPS) is 17.1. The average Bonchev–Trinajstić information content (AvgIpc) is 2.97. The molecule has 220 valence electrons. The number of ether oxygens (including phenoxy) is 1. The number of aryl methyl sites for hydroxylation is 2. The molecule has 0 bridgehead atoms. The lowest BCUT2D eigenvalue weighted by Crippen LogP contribution is -2.32. The van der Waals surface area contributed by atoms with Crippen molar-refractivity contribution in [3.63, 3.8) is 0 Å². The highest BCUT2D eigenvalue weighted by atomic mass is 35.5. The number of benzene rings is 2. The predicted molar refractivity (Wildman–Crippen MR) is 162 cm³/mol. The van der Waals surface area contributed by atoms with Crippen LogP contribution in [0, 0.1) is 0 Å².